The Kier molecular flexibility index (Phi) is 11.0. The number of anilines is 1. The summed E-state index contributed by atoms with van der Waals surface area (Å²) in [6.07, 6.45) is 1.20. The number of sulfonamides is 1. The van der Waals surface area contributed by atoms with E-state index in [0.717, 1.165) is 14.8 Å². The van der Waals surface area contributed by atoms with Crippen LogP contribution in [0.1, 0.15) is 19.4 Å². The first-order valence-electron chi connectivity index (χ1n) is 11.4. The SMILES string of the molecule is Cc1ccc(I)cc1N(CC(=O)NCCNC(C)C)CC(=O)N(C)N1CCN(S(C)(=O)=O)CC1. The first-order chi connectivity index (χ1) is 15.9. The monoisotopic (exact) mass is 608 g/mol. The van der Waals surface area contributed by atoms with Crippen molar-refractivity contribution >= 4 is 50.1 Å². The molecule has 1 heterocycles. The summed E-state index contributed by atoms with van der Waals surface area (Å²) in [6, 6.07) is 6.29. The summed E-state index contributed by atoms with van der Waals surface area (Å²) in [7, 11) is -1.55. The van der Waals surface area contributed by atoms with Crippen molar-refractivity contribution in [1.82, 2.24) is 25.0 Å². The number of nitrogens with zero attached hydrogens (tertiary/aromatic N) is 4. The van der Waals surface area contributed by atoms with Gasteiger partial charge in [-0.3, -0.25) is 14.6 Å². The molecule has 12 heteroatoms. The normalized spacial score (nSPS) is 15.4. The molecule has 0 saturated carbocycles. The maximum Gasteiger partial charge on any atom is 0.256 e. The van der Waals surface area contributed by atoms with Crippen LogP contribution in [-0.2, 0) is 19.6 Å². The fraction of sp³-hybridized carbons (Fsp3) is 0.636. The van der Waals surface area contributed by atoms with E-state index in [1.807, 2.05) is 44.0 Å². The molecule has 1 aromatic rings. The molecule has 0 aromatic heterocycles. The minimum Gasteiger partial charge on any atom is -0.353 e. The third-order valence-corrected chi connectivity index (χ3v) is 7.62. The molecular weight excluding hydrogens is 571 g/mol. The van der Waals surface area contributed by atoms with Gasteiger partial charge in [-0.1, -0.05) is 19.9 Å². The number of piperazine rings is 1. The van der Waals surface area contributed by atoms with Crippen LogP contribution in [0.5, 0.6) is 0 Å². The average molecular weight is 609 g/mol. The lowest BCUT2D eigenvalue weighted by molar-refractivity contribution is -0.146. The van der Waals surface area contributed by atoms with Crippen LogP contribution in [-0.4, -0.2) is 106 Å². The molecule has 0 bridgehead atoms. The van der Waals surface area contributed by atoms with Gasteiger partial charge < -0.3 is 15.5 Å². The fourth-order valence-electron chi connectivity index (χ4n) is 3.67. The highest BCUT2D eigenvalue weighted by Crippen LogP contribution is 2.23. The third kappa shape index (κ3) is 8.95. The zero-order chi connectivity index (χ0) is 25.5. The van der Waals surface area contributed by atoms with Crippen LogP contribution in [0.25, 0.3) is 0 Å². The molecule has 0 radical (unpaired) electrons. The second kappa shape index (κ2) is 13.0. The smallest absolute Gasteiger partial charge is 0.256 e. The first-order valence-corrected chi connectivity index (χ1v) is 14.3. The van der Waals surface area contributed by atoms with E-state index < -0.39 is 10.0 Å². The number of rotatable bonds is 11. The lowest BCUT2D eigenvalue weighted by atomic mass is 10.1. The van der Waals surface area contributed by atoms with Crippen molar-refractivity contribution in [3.05, 3.63) is 27.3 Å². The van der Waals surface area contributed by atoms with E-state index in [2.05, 4.69) is 33.2 Å². The molecule has 1 aliphatic heterocycles. The molecule has 1 aromatic carbocycles. The molecule has 1 fully saturated rings. The van der Waals surface area contributed by atoms with Crippen LogP contribution < -0.4 is 15.5 Å². The van der Waals surface area contributed by atoms with E-state index in [-0.39, 0.29) is 24.9 Å². The molecule has 2 N–H and O–H groups in total. The Morgan fingerprint density at radius 1 is 1.12 bits per heavy atom. The van der Waals surface area contributed by atoms with Gasteiger partial charge in [-0.25, -0.2) is 13.4 Å². The van der Waals surface area contributed by atoms with Gasteiger partial charge in [0.15, 0.2) is 0 Å². The molecule has 0 aliphatic carbocycles. The van der Waals surface area contributed by atoms with Crippen LogP contribution >= 0.6 is 22.6 Å². The van der Waals surface area contributed by atoms with Crippen LogP contribution in [0, 0.1) is 10.5 Å². The van der Waals surface area contributed by atoms with Gasteiger partial charge in [-0.05, 0) is 47.2 Å². The quantitative estimate of drug-likeness (QED) is 0.278. The van der Waals surface area contributed by atoms with Gasteiger partial charge in [0, 0.05) is 61.6 Å². The number of amides is 2. The first kappa shape index (κ1) is 28.8. The Balaban J connectivity index is 2.06. The maximum absolute atomic E-state index is 13.2. The number of aryl methyl sites for hydroxylation is 1. The zero-order valence-electron chi connectivity index (χ0n) is 20.7. The molecule has 2 amide bonds. The molecular formula is C22H37IN6O4S. The number of carbonyl (C=O) groups is 2. The van der Waals surface area contributed by atoms with Crippen LogP contribution in [0.3, 0.4) is 0 Å². The van der Waals surface area contributed by atoms with E-state index in [1.54, 1.807) is 17.0 Å². The Morgan fingerprint density at radius 2 is 1.76 bits per heavy atom. The second-order valence-electron chi connectivity index (χ2n) is 8.78. The maximum atomic E-state index is 13.2. The molecule has 0 unspecified atom stereocenters. The number of hydrogen-bond acceptors (Lipinski definition) is 7. The van der Waals surface area contributed by atoms with Gasteiger partial charge in [0.25, 0.3) is 5.91 Å². The summed E-state index contributed by atoms with van der Waals surface area (Å²) in [5, 5.41) is 9.57. The van der Waals surface area contributed by atoms with Gasteiger partial charge in [-0.15, -0.1) is 0 Å². The summed E-state index contributed by atoms with van der Waals surface area (Å²) >= 11 is 2.22. The summed E-state index contributed by atoms with van der Waals surface area (Å²) in [5.74, 6) is -0.318. The van der Waals surface area contributed by atoms with Crippen LogP contribution in [0.2, 0.25) is 0 Å². The number of hydrazine groups is 1. The number of carbonyl (C=O) groups excluding carboxylic acids is 2. The van der Waals surface area contributed by atoms with Crippen LogP contribution in [0.4, 0.5) is 5.69 Å². The third-order valence-electron chi connectivity index (χ3n) is 5.64. The molecule has 34 heavy (non-hydrogen) atoms. The summed E-state index contributed by atoms with van der Waals surface area (Å²) < 4.78 is 26.0. The number of hydrogen-bond donors (Lipinski definition) is 2. The van der Waals surface area contributed by atoms with Gasteiger partial charge >= 0.3 is 0 Å². The minimum absolute atomic E-state index is 0.0292. The summed E-state index contributed by atoms with van der Waals surface area (Å²) in [6.45, 7) is 8.86. The predicted molar refractivity (Wildman–Crippen MR) is 143 cm³/mol. The zero-order valence-corrected chi connectivity index (χ0v) is 23.6. The van der Waals surface area contributed by atoms with Crippen molar-refractivity contribution in [3.8, 4) is 0 Å². The van der Waals surface area contributed by atoms with E-state index in [4.69, 9.17) is 0 Å². The molecule has 1 aliphatic rings. The van der Waals surface area contributed by atoms with E-state index in [0.29, 0.717) is 45.3 Å². The highest BCUT2D eigenvalue weighted by atomic mass is 127. The Bertz CT molecular complexity index is 951. The number of benzene rings is 1. The van der Waals surface area contributed by atoms with Crippen molar-refractivity contribution in [1.29, 1.82) is 0 Å². The molecule has 192 valence electrons. The molecule has 0 atom stereocenters. The predicted octanol–water partition coefficient (Wildman–Crippen LogP) is 0.471. The fourth-order valence-corrected chi connectivity index (χ4v) is 4.98. The van der Waals surface area contributed by atoms with Crippen molar-refractivity contribution in [2.45, 2.75) is 26.8 Å². The topological polar surface area (TPSA) is 105 Å². The lowest BCUT2D eigenvalue weighted by Crippen LogP contribution is -2.56. The summed E-state index contributed by atoms with van der Waals surface area (Å²) in [4.78, 5) is 27.7. The van der Waals surface area contributed by atoms with Gasteiger partial charge in [-0.2, -0.15) is 4.31 Å². The summed E-state index contributed by atoms with van der Waals surface area (Å²) in [5.41, 5.74) is 1.82. The molecule has 10 nitrogen and oxygen atoms in total. The Hall–Kier alpha value is -1.48. The number of likely N-dealkylation sites (N-methyl/N-ethyl adjacent to an activating group) is 1. The number of nitrogens with one attached hydrogen (secondary N) is 2. The second-order valence-corrected chi connectivity index (χ2v) is 12.0. The van der Waals surface area contributed by atoms with E-state index in [1.165, 1.54) is 10.6 Å². The van der Waals surface area contributed by atoms with E-state index in [9.17, 15) is 18.0 Å². The van der Waals surface area contributed by atoms with Crippen molar-refractivity contribution < 1.29 is 18.0 Å². The lowest BCUT2D eigenvalue weighted by Gasteiger charge is -2.39. The van der Waals surface area contributed by atoms with Gasteiger partial charge in [0.1, 0.15) is 0 Å². The number of halogens is 1. The Labute approximate surface area is 217 Å². The Morgan fingerprint density at radius 3 is 2.35 bits per heavy atom. The van der Waals surface area contributed by atoms with Crippen molar-refractivity contribution in [2.24, 2.45) is 0 Å². The highest BCUT2D eigenvalue weighted by molar-refractivity contribution is 14.1. The molecule has 0 spiro atoms. The molecule has 2 rings (SSSR count). The largest absolute Gasteiger partial charge is 0.353 e. The van der Waals surface area contributed by atoms with Crippen LogP contribution in [0.15, 0.2) is 18.2 Å². The van der Waals surface area contributed by atoms with Crippen molar-refractivity contribution in [3.63, 3.8) is 0 Å². The van der Waals surface area contributed by atoms with Gasteiger partial charge in [0.2, 0.25) is 15.9 Å². The average Bonchev–Trinajstić information content (AvgIpc) is 2.76. The van der Waals surface area contributed by atoms with E-state index >= 15 is 0 Å². The highest BCUT2D eigenvalue weighted by Gasteiger charge is 2.28. The van der Waals surface area contributed by atoms with Gasteiger partial charge in [0.05, 0.1) is 19.3 Å². The molecule has 1 saturated heterocycles. The standard InChI is InChI=1S/C22H37IN6O4S/c1-17(2)24-8-9-25-21(30)15-27(20-14-19(23)7-6-18(20)3)16-22(31)26(4)28-10-12-29(13-11-28)34(5,32)33/h6-7,14,17,24H,8-13,15-16H2,1-5H3,(H,25,30). The minimum atomic E-state index is -3.24. The van der Waals surface area contributed by atoms with Crippen molar-refractivity contribution in [2.75, 3.05) is 70.6 Å².